The van der Waals surface area contributed by atoms with E-state index in [2.05, 4.69) is 114 Å². The highest BCUT2D eigenvalue weighted by atomic mass is 16.3. The van der Waals surface area contributed by atoms with E-state index in [-0.39, 0.29) is 0 Å². The third kappa shape index (κ3) is 4.64. The lowest BCUT2D eigenvalue weighted by molar-refractivity contribution is 0.669. The third-order valence-corrected chi connectivity index (χ3v) is 7.59. The van der Waals surface area contributed by atoms with Gasteiger partial charge in [0.05, 0.1) is 17.1 Å². The summed E-state index contributed by atoms with van der Waals surface area (Å²) in [7, 11) is 0. The second-order valence-corrected chi connectivity index (χ2v) is 10.5. The number of benzene rings is 4. The Labute approximate surface area is 239 Å². The number of hydrogen-bond acceptors (Lipinski definition) is 4. The molecule has 0 N–H and O–H groups in total. The summed E-state index contributed by atoms with van der Waals surface area (Å²) in [5.41, 5.74) is 10.1. The van der Waals surface area contributed by atoms with Crippen LogP contribution < -0.4 is 4.90 Å². The number of nitrogens with zero attached hydrogens (tertiary/aromatic N) is 3. The summed E-state index contributed by atoms with van der Waals surface area (Å²) in [6, 6.07) is 42.1. The number of anilines is 3. The van der Waals surface area contributed by atoms with Crippen molar-refractivity contribution in [2.45, 2.75) is 19.8 Å². The summed E-state index contributed by atoms with van der Waals surface area (Å²) >= 11 is 0. The zero-order chi connectivity index (χ0) is 27.8. The molecule has 0 spiro atoms. The van der Waals surface area contributed by atoms with Crippen molar-refractivity contribution in [2.75, 3.05) is 4.90 Å². The SMILES string of the molecule is CC(C)c1ccc(N(c2ccc(-c3ccc(-c4ccccn4)nc3)cc2)c2cccc3c2oc2ccccc23)cc1. The average molecular weight is 532 g/mol. The van der Waals surface area contributed by atoms with Gasteiger partial charge in [0.1, 0.15) is 5.58 Å². The molecule has 0 atom stereocenters. The van der Waals surface area contributed by atoms with Gasteiger partial charge in [-0.25, -0.2) is 0 Å². The van der Waals surface area contributed by atoms with Gasteiger partial charge in [-0.1, -0.05) is 80.6 Å². The summed E-state index contributed by atoms with van der Waals surface area (Å²) in [5.74, 6) is 0.466. The zero-order valence-electron chi connectivity index (χ0n) is 23.0. The maximum Gasteiger partial charge on any atom is 0.159 e. The van der Waals surface area contributed by atoms with Gasteiger partial charge in [-0.2, -0.15) is 0 Å². The average Bonchev–Trinajstić information content (AvgIpc) is 3.42. The van der Waals surface area contributed by atoms with Gasteiger partial charge >= 0.3 is 0 Å². The zero-order valence-corrected chi connectivity index (χ0v) is 23.0. The molecule has 0 radical (unpaired) electrons. The number of aromatic nitrogens is 2. The molecule has 7 rings (SSSR count). The first-order chi connectivity index (χ1) is 20.2. The van der Waals surface area contributed by atoms with Crippen LogP contribution in [0.1, 0.15) is 25.3 Å². The Kier molecular flexibility index (Phi) is 6.29. The van der Waals surface area contributed by atoms with Crippen LogP contribution >= 0.6 is 0 Å². The lowest BCUT2D eigenvalue weighted by atomic mass is 10.0. The number of para-hydroxylation sites is 2. The number of fused-ring (bicyclic) bond motifs is 3. The van der Waals surface area contributed by atoms with Crippen LogP contribution in [-0.4, -0.2) is 9.97 Å². The maximum atomic E-state index is 6.46. The van der Waals surface area contributed by atoms with Crippen LogP contribution in [0.4, 0.5) is 17.1 Å². The molecule has 0 aliphatic rings. The Bertz CT molecular complexity index is 1940. The molecule has 0 aliphatic heterocycles. The van der Waals surface area contributed by atoms with Gasteiger partial charge in [0.15, 0.2) is 5.58 Å². The minimum atomic E-state index is 0.466. The topological polar surface area (TPSA) is 42.2 Å². The fourth-order valence-electron chi connectivity index (χ4n) is 5.38. The van der Waals surface area contributed by atoms with Crippen molar-refractivity contribution in [3.8, 4) is 22.5 Å². The molecule has 0 amide bonds. The van der Waals surface area contributed by atoms with E-state index in [1.54, 1.807) is 6.20 Å². The van der Waals surface area contributed by atoms with Crippen LogP contribution in [0.2, 0.25) is 0 Å². The lowest BCUT2D eigenvalue weighted by Crippen LogP contribution is -2.10. The summed E-state index contributed by atoms with van der Waals surface area (Å²) in [6.07, 6.45) is 3.70. The molecule has 0 fully saturated rings. The number of hydrogen-bond donors (Lipinski definition) is 0. The van der Waals surface area contributed by atoms with Crippen LogP contribution in [0.15, 0.2) is 138 Å². The van der Waals surface area contributed by atoms with Crippen LogP contribution in [0.5, 0.6) is 0 Å². The Balaban J connectivity index is 1.31. The molecule has 3 heterocycles. The molecule has 0 bridgehead atoms. The molecule has 198 valence electrons. The Morgan fingerprint density at radius 1 is 0.585 bits per heavy atom. The summed E-state index contributed by atoms with van der Waals surface area (Å²) in [6.45, 7) is 4.44. The van der Waals surface area contributed by atoms with E-state index in [1.165, 1.54) is 5.56 Å². The number of furan rings is 1. The molecular weight excluding hydrogens is 502 g/mol. The number of pyridine rings is 2. The van der Waals surface area contributed by atoms with Crippen molar-refractivity contribution in [2.24, 2.45) is 0 Å². The predicted octanol–water partition coefficient (Wildman–Crippen LogP) is 10.3. The number of rotatable bonds is 6. The standard InChI is InChI=1S/C37H29N3O/c1-25(2)26-13-18-29(19-14-26)40(35-11-7-9-32-31-8-3-4-12-36(31)41-37(32)35)30-20-15-27(16-21-30)28-17-22-34(39-24-28)33-10-5-6-23-38-33/h3-25H,1-2H3. The van der Waals surface area contributed by atoms with Gasteiger partial charge in [0.25, 0.3) is 0 Å². The smallest absolute Gasteiger partial charge is 0.159 e. The first-order valence-electron chi connectivity index (χ1n) is 13.9. The van der Waals surface area contributed by atoms with Gasteiger partial charge in [0, 0.05) is 40.1 Å². The minimum Gasteiger partial charge on any atom is -0.454 e. The molecule has 4 heteroatoms. The Morgan fingerprint density at radius 2 is 1.27 bits per heavy atom. The molecule has 0 aliphatic carbocycles. The van der Waals surface area contributed by atoms with Gasteiger partial charge < -0.3 is 9.32 Å². The van der Waals surface area contributed by atoms with E-state index in [9.17, 15) is 0 Å². The monoisotopic (exact) mass is 531 g/mol. The highest BCUT2D eigenvalue weighted by Gasteiger charge is 2.19. The predicted molar refractivity (Wildman–Crippen MR) is 169 cm³/mol. The van der Waals surface area contributed by atoms with E-state index in [0.29, 0.717) is 5.92 Å². The summed E-state index contributed by atoms with van der Waals surface area (Å²) < 4.78 is 6.46. The van der Waals surface area contributed by atoms with Crippen LogP contribution in [0.25, 0.3) is 44.5 Å². The lowest BCUT2D eigenvalue weighted by Gasteiger charge is -2.26. The molecule has 0 saturated heterocycles. The van der Waals surface area contributed by atoms with Crippen molar-refractivity contribution in [1.29, 1.82) is 0 Å². The highest BCUT2D eigenvalue weighted by Crippen LogP contribution is 2.42. The van der Waals surface area contributed by atoms with Crippen LogP contribution in [0.3, 0.4) is 0 Å². The first kappa shape index (κ1) is 24.8. The quantitative estimate of drug-likeness (QED) is 0.214. The van der Waals surface area contributed by atoms with E-state index < -0.39 is 0 Å². The van der Waals surface area contributed by atoms with Crippen molar-refractivity contribution in [3.05, 3.63) is 139 Å². The van der Waals surface area contributed by atoms with Gasteiger partial charge in [-0.05, 0) is 71.6 Å². The first-order valence-corrected chi connectivity index (χ1v) is 13.9. The Morgan fingerprint density at radius 3 is 1.98 bits per heavy atom. The third-order valence-electron chi connectivity index (χ3n) is 7.59. The second-order valence-electron chi connectivity index (χ2n) is 10.5. The summed E-state index contributed by atoms with van der Waals surface area (Å²) in [5, 5.41) is 2.23. The van der Waals surface area contributed by atoms with Crippen molar-refractivity contribution >= 4 is 39.0 Å². The molecule has 3 aromatic heterocycles. The fraction of sp³-hybridized carbons (Fsp3) is 0.0811. The molecular formula is C37H29N3O. The van der Waals surface area contributed by atoms with Crippen molar-refractivity contribution < 1.29 is 4.42 Å². The highest BCUT2D eigenvalue weighted by molar-refractivity contribution is 6.10. The van der Waals surface area contributed by atoms with Gasteiger partial charge in [-0.3, -0.25) is 9.97 Å². The van der Waals surface area contributed by atoms with Gasteiger partial charge in [0.2, 0.25) is 0 Å². The second kappa shape index (κ2) is 10.4. The molecule has 7 aromatic rings. The summed E-state index contributed by atoms with van der Waals surface area (Å²) in [4.78, 5) is 11.4. The van der Waals surface area contributed by atoms with E-state index in [4.69, 9.17) is 4.42 Å². The van der Waals surface area contributed by atoms with E-state index in [1.807, 2.05) is 42.6 Å². The van der Waals surface area contributed by atoms with Crippen LogP contribution in [-0.2, 0) is 0 Å². The van der Waals surface area contributed by atoms with E-state index >= 15 is 0 Å². The van der Waals surface area contributed by atoms with E-state index in [0.717, 1.165) is 61.5 Å². The molecule has 4 nitrogen and oxygen atoms in total. The normalized spacial score (nSPS) is 11.4. The maximum absolute atomic E-state index is 6.46. The van der Waals surface area contributed by atoms with Crippen LogP contribution in [0, 0.1) is 0 Å². The van der Waals surface area contributed by atoms with Gasteiger partial charge in [-0.15, -0.1) is 0 Å². The fourth-order valence-corrected chi connectivity index (χ4v) is 5.38. The molecule has 4 aromatic carbocycles. The van der Waals surface area contributed by atoms with Crippen molar-refractivity contribution in [1.82, 2.24) is 9.97 Å². The molecule has 0 saturated carbocycles. The molecule has 0 unspecified atom stereocenters. The minimum absolute atomic E-state index is 0.466. The van der Waals surface area contributed by atoms with Crippen molar-refractivity contribution in [3.63, 3.8) is 0 Å². The molecule has 41 heavy (non-hydrogen) atoms. The largest absolute Gasteiger partial charge is 0.454 e. The Hall–Kier alpha value is -5.22.